The Balaban J connectivity index is 1.90. The Morgan fingerprint density at radius 1 is 1.26 bits per heavy atom. The van der Waals surface area contributed by atoms with Gasteiger partial charge in [-0.15, -0.1) is 0 Å². The molecule has 4 heteroatoms. The van der Waals surface area contributed by atoms with Gasteiger partial charge in [-0.2, -0.15) is 0 Å². The van der Waals surface area contributed by atoms with Gasteiger partial charge in [0.15, 0.2) is 0 Å². The van der Waals surface area contributed by atoms with Gasteiger partial charge in [-0.1, -0.05) is 41.9 Å². The molecule has 1 aromatic carbocycles. The molecule has 0 spiro atoms. The number of rotatable bonds is 5. The molecule has 0 radical (unpaired) electrons. The number of pyridine rings is 1. The van der Waals surface area contributed by atoms with Crippen LogP contribution in [-0.2, 0) is 13.0 Å². The minimum atomic E-state index is -0.166. The van der Waals surface area contributed by atoms with E-state index in [0.717, 1.165) is 25.1 Å². The lowest BCUT2D eigenvalue weighted by Gasteiger charge is -2.17. The third kappa shape index (κ3) is 4.23. The first kappa shape index (κ1) is 13.8. The zero-order chi connectivity index (χ0) is 13.7. The summed E-state index contributed by atoms with van der Waals surface area (Å²) in [5.74, 6) is 0. The van der Waals surface area contributed by atoms with Gasteiger partial charge in [0.25, 0.3) is 0 Å². The van der Waals surface area contributed by atoms with Crippen LogP contribution in [0, 0.1) is 0 Å². The molecule has 3 nitrogen and oxygen atoms in total. The Labute approximate surface area is 117 Å². The van der Waals surface area contributed by atoms with Crippen LogP contribution < -0.4 is 5.56 Å². The van der Waals surface area contributed by atoms with Gasteiger partial charge >= 0.3 is 0 Å². The van der Waals surface area contributed by atoms with Crippen molar-refractivity contribution in [2.45, 2.75) is 13.0 Å². The average molecular weight is 277 g/mol. The molecule has 100 valence electrons. The first-order valence-electron chi connectivity index (χ1n) is 6.25. The number of aromatic amines is 1. The van der Waals surface area contributed by atoms with Gasteiger partial charge in [0.05, 0.1) is 5.02 Å². The summed E-state index contributed by atoms with van der Waals surface area (Å²) in [6.45, 7) is 1.67. The number of nitrogens with one attached hydrogen (secondary N) is 1. The van der Waals surface area contributed by atoms with Crippen LogP contribution in [0.5, 0.6) is 0 Å². The minimum absolute atomic E-state index is 0.166. The fourth-order valence-corrected chi connectivity index (χ4v) is 2.15. The number of hydrogen-bond acceptors (Lipinski definition) is 2. The number of likely N-dealkylation sites (N-methyl/N-ethyl adjacent to an activating group) is 1. The van der Waals surface area contributed by atoms with E-state index >= 15 is 0 Å². The third-order valence-electron chi connectivity index (χ3n) is 3.02. The molecule has 0 aliphatic rings. The largest absolute Gasteiger partial charge is 0.329 e. The first-order chi connectivity index (χ1) is 9.15. The summed E-state index contributed by atoms with van der Waals surface area (Å²) < 4.78 is 0. The Morgan fingerprint density at radius 3 is 2.68 bits per heavy atom. The van der Waals surface area contributed by atoms with Crippen molar-refractivity contribution in [2.75, 3.05) is 13.6 Å². The molecule has 1 heterocycles. The fourth-order valence-electron chi connectivity index (χ4n) is 1.93. The number of H-pyrrole nitrogens is 1. The Morgan fingerprint density at radius 2 is 2.00 bits per heavy atom. The minimum Gasteiger partial charge on any atom is -0.329 e. The second kappa shape index (κ2) is 6.55. The molecule has 0 fully saturated rings. The lowest BCUT2D eigenvalue weighted by atomic mass is 10.1. The van der Waals surface area contributed by atoms with E-state index in [1.54, 1.807) is 6.20 Å². The van der Waals surface area contributed by atoms with Crippen molar-refractivity contribution in [3.05, 3.63) is 69.1 Å². The standard InChI is InChI=1S/C15H17ClN2O/c1-18(8-7-12-5-3-2-4-6-12)11-13-10-17-15(19)9-14(13)16/h2-6,9-10H,7-8,11H2,1H3,(H,17,19). The number of nitrogens with zero attached hydrogens (tertiary/aromatic N) is 1. The maximum Gasteiger partial charge on any atom is 0.249 e. The van der Waals surface area contributed by atoms with E-state index in [1.807, 2.05) is 25.2 Å². The lowest BCUT2D eigenvalue weighted by Crippen LogP contribution is -2.21. The van der Waals surface area contributed by atoms with E-state index in [4.69, 9.17) is 11.6 Å². The van der Waals surface area contributed by atoms with Gasteiger partial charge < -0.3 is 9.88 Å². The van der Waals surface area contributed by atoms with Gasteiger partial charge in [0, 0.05) is 30.9 Å². The number of aromatic nitrogens is 1. The molecule has 1 aromatic heterocycles. The monoisotopic (exact) mass is 276 g/mol. The van der Waals surface area contributed by atoms with E-state index in [0.29, 0.717) is 5.02 Å². The molecule has 0 atom stereocenters. The van der Waals surface area contributed by atoms with Crippen LogP contribution in [-0.4, -0.2) is 23.5 Å². The smallest absolute Gasteiger partial charge is 0.249 e. The highest BCUT2D eigenvalue weighted by atomic mass is 35.5. The number of halogens is 1. The van der Waals surface area contributed by atoms with E-state index < -0.39 is 0 Å². The van der Waals surface area contributed by atoms with E-state index in [2.05, 4.69) is 22.0 Å². The van der Waals surface area contributed by atoms with Gasteiger partial charge in [-0.25, -0.2) is 0 Å². The first-order valence-corrected chi connectivity index (χ1v) is 6.62. The molecule has 0 bridgehead atoms. The predicted octanol–water partition coefficient (Wildman–Crippen LogP) is 2.70. The van der Waals surface area contributed by atoms with Crippen LogP contribution in [0.1, 0.15) is 11.1 Å². The normalized spacial score (nSPS) is 10.9. The van der Waals surface area contributed by atoms with Crippen molar-refractivity contribution in [1.82, 2.24) is 9.88 Å². The number of benzene rings is 1. The molecular formula is C15H17ClN2O. The van der Waals surface area contributed by atoms with Crippen molar-refractivity contribution in [1.29, 1.82) is 0 Å². The second-order valence-corrected chi connectivity index (χ2v) is 5.05. The lowest BCUT2D eigenvalue weighted by molar-refractivity contribution is 0.331. The Hall–Kier alpha value is -1.58. The van der Waals surface area contributed by atoms with E-state index in [1.165, 1.54) is 11.6 Å². The Kier molecular flexibility index (Phi) is 4.77. The molecular weight excluding hydrogens is 260 g/mol. The summed E-state index contributed by atoms with van der Waals surface area (Å²) in [4.78, 5) is 15.9. The maximum absolute atomic E-state index is 11.1. The van der Waals surface area contributed by atoms with Crippen molar-refractivity contribution >= 4 is 11.6 Å². The van der Waals surface area contributed by atoms with Crippen LogP contribution >= 0.6 is 11.6 Å². The van der Waals surface area contributed by atoms with Crippen molar-refractivity contribution < 1.29 is 0 Å². The molecule has 19 heavy (non-hydrogen) atoms. The summed E-state index contributed by atoms with van der Waals surface area (Å²) in [6, 6.07) is 11.8. The summed E-state index contributed by atoms with van der Waals surface area (Å²) in [7, 11) is 2.05. The second-order valence-electron chi connectivity index (χ2n) is 4.64. The van der Waals surface area contributed by atoms with E-state index in [-0.39, 0.29) is 5.56 Å². The molecule has 0 unspecified atom stereocenters. The third-order valence-corrected chi connectivity index (χ3v) is 3.37. The highest BCUT2D eigenvalue weighted by molar-refractivity contribution is 6.31. The van der Waals surface area contributed by atoms with Crippen LogP contribution in [0.25, 0.3) is 0 Å². The van der Waals surface area contributed by atoms with Crippen molar-refractivity contribution in [3.63, 3.8) is 0 Å². The van der Waals surface area contributed by atoms with Gasteiger partial charge in [0.2, 0.25) is 5.56 Å². The summed E-state index contributed by atoms with van der Waals surface area (Å²) in [5.41, 5.74) is 2.10. The molecule has 0 amide bonds. The van der Waals surface area contributed by atoms with Crippen molar-refractivity contribution in [3.8, 4) is 0 Å². The van der Waals surface area contributed by atoms with Crippen LogP contribution in [0.2, 0.25) is 5.02 Å². The SMILES string of the molecule is CN(CCc1ccccc1)Cc1c[nH]c(=O)cc1Cl. The van der Waals surface area contributed by atoms with Gasteiger partial charge in [-0.3, -0.25) is 4.79 Å². The topological polar surface area (TPSA) is 36.1 Å². The number of hydrogen-bond donors (Lipinski definition) is 1. The zero-order valence-corrected chi connectivity index (χ0v) is 11.7. The van der Waals surface area contributed by atoms with Gasteiger partial charge in [-0.05, 0) is 19.0 Å². The van der Waals surface area contributed by atoms with Gasteiger partial charge in [0.1, 0.15) is 0 Å². The quantitative estimate of drug-likeness (QED) is 0.911. The summed E-state index contributed by atoms with van der Waals surface area (Å²) >= 11 is 6.04. The summed E-state index contributed by atoms with van der Waals surface area (Å²) in [5, 5.41) is 0.523. The molecule has 2 aromatic rings. The Bertz CT molecular complexity index is 580. The predicted molar refractivity (Wildman–Crippen MR) is 78.6 cm³/mol. The van der Waals surface area contributed by atoms with Crippen LogP contribution in [0.15, 0.2) is 47.4 Å². The molecule has 1 N–H and O–H groups in total. The van der Waals surface area contributed by atoms with Crippen molar-refractivity contribution in [2.24, 2.45) is 0 Å². The highest BCUT2D eigenvalue weighted by Crippen LogP contribution is 2.13. The zero-order valence-electron chi connectivity index (χ0n) is 10.9. The fraction of sp³-hybridized carbons (Fsp3) is 0.267. The molecule has 2 rings (SSSR count). The molecule has 0 saturated carbocycles. The van der Waals surface area contributed by atoms with E-state index in [9.17, 15) is 4.79 Å². The van der Waals surface area contributed by atoms with Crippen LogP contribution in [0.3, 0.4) is 0 Å². The molecule has 0 saturated heterocycles. The summed E-state index contributed by atoms with van der Waals surface area (Å²) in [6.07, 6.45) is 2.68. The maximum atomic E-state index is 11.1. The van der Waals surface area contributed by atoms with Crippen LogP contribution in [0.4, 0.5) is 0 Å². The molecule has 0 aliphatic carbocycles. The molecule has 0 aliphatic heterocycles. The average Bonchev–Trinajstić information content (AvgIpc) is 2.41. The highest BCUT2D eigenvalue weighted by Gasteiger charge is 2.05.